The molecule has 5 nitrogen and oxygen atoms in total. The van der Waals surface area contributed by atoms with Crippen molar-refractivity contribution in [2.75, 3.05) is 11.9 Å². The lowest BCUT2D eigenvalue weighted by Gasteiger charge is -2.04. The zero-order valence-corrected chi connectivity index (χ0v) is 15.0. The number of anilines is 1. The molecule has 0 aliphatic rings. The van der Waals surface area contributed by atoms with Gasteiger partial charge in [-0.3, -0.25) is 0 Å². The summed E-state index contributed by atoms with van der Waals surface area (Å²) < 4.78 is 44.6. The van der Waals surface area contributed by atoms with Crippen molar-refractivity contribution in [1.29, 1.82) is 0 Å². The van der Waals surface area contributed by atoms with Gasteiger partial charge in [0.15, 0.2) is 0 Å². The Morgan fingerprint density at radius 3 is 2.54 bits per heavy atom. The van der Waals surface area contributed by atoms with Gasteiger partial charge in [-0.2, -0.15) is 4.98 Å². The Morgan fingerprint density at radius 2 is 1.88 bits per heavy atom. The number of hydrogen-bond donors (Lipinski definition) is 1. The van der Waals surface area contributed by atoms with Crippen molar-refractivity contribution in [1.82, 2.24) is 4.98 Å². The second-order valence-corrected chi connectivity index (χ2v) is 7.53. The van der Waals surface area contributed by atoms with E-state index >= 15 is 0 Å². The summed E-state index contributed by atoms with van der Waals surface area (Å²) in [5.41, 5.74) is 0.455. The van der Waals surface area contributed by atoms with E-state index in [1.807, 2.05) is 0 Å². The summed E-state index contributed by atoms with van der Waals surface area (Å²) in [6.07, 6.45) is 1.55. The normalized spacial score (nSPS) is 11.3. The summed E-state index contributed by atoms with van der Waals surface area (Å²) >= 11 is 6.15. The second kappa shape index (κ2) is 7.31. The van der Waals surface area contributed by atoms with Gasteiger partial charge in [0, 0.05) is 6.54 Å². The highest BCUT2D eigenvalue weighted by Gasteiger charge is 2.28. The van der Waals surface area contributed by atoms with Crippen LogP contribution in [0.2, 0.25) is 5.02 Å². The lowest BCUT2D eigenvalue weighted by molar-refractivity contribution is 0.578. The van der Waals surface area contributed by atoms with Crippen LogP contribution in [0.1, 0.15) is 0 Å². The quantitative estimate of drug-likeness (QED) is 0.491. The van der Waals surface area contributed by atoms with Gasteiger partial charge in [0.05, 0.1) is 15.5 Å². The van der Waals surface area contributed by atoms with Gasteiger partial charge in [-0.25, -0.2) is 12.8 Å². The van der Waals surface area contributed by atoms with Crippen molar-refractivity contribution >= 4 is 27.3 Å². The second-order valence-electron chi connectivity index (χ2n) is 5.26. The van der Waals surface area contributed by atoms with Gasteiger partial charge in [0.1, 0.15) is 5.82 Å². The first kappa shape index (κ1) is 18.2. The van der Waals surface area contributed by atoms with Crippen LogP contribution >= 0.6 is 11.6 Å². The zero-order chi connectivity index (χ0) is 18.7. The SMILES string of the molecule is C=CCNc1oc(-c2ccccc2Cl)nc1S(=O)(=O)c1ccc(F)cc1. The van der Waals surface area contributed by atoms with Crippen LogP contribution in [0.15, 0.2) is 75.5 Å². The minimum atomic E-state index is -4.03. The Bertz CT molecular complexity index is 1050. The largest absolute Gasteiger partial charge is 0.419 e. The topological polar surface area (TPSA) is 72.2 Å². The molecule has 0 bridgehead atoms. The van der Waals surface area contributed by atoms with Crippen LogP contribution in [0, 0.1) is 5.82 Å². The van der Waals surface area contributed by atoms with Gasteiger partial charge in [-0.1, -0.05) is 29.8 Å². The molecule has 0 fully saturated rings. The Hall–Kier alpha value is -2.64. The summed E-state index contributed by atoms with van der Waals surface area (Å²) in [7, 11) is -4.03. The van der Waals surface area contributed by atoms with Gasteiger partial charge < -0.3 is 9.73 Å². The summed E-state index contributed by atoms with van der Waals surface area (Å²) in [6, 6.07) is 11.3. The molecule has 2 aromatic carbocycles. The van der Waals surface area contributed by atoms with Crippen LogP contribution in [0.3, 0.4) is 0 Å². The maximum Gasteiger partial charge on any atom is 0.234 e. The number of halogens is 2. The van der Waals surface area contributed by atoms with Crippen molar-refractivity contribution in [3.63, 3.8) is 0 Å². The number of benzene rings is 2. The Morgan fingerprint density at radius 1 is 1.19 bits per heavy atom. The molecule has 0 saturated heterocycles. The number of oxazole rings is 1. The van der Waals surface area contributed by atoms with Crippen LogP contribution in [0.4, 0.5) is 10.3 Å². The van der Waals surface area contributed by atoms with Crippen molar-refractivity contribution < 1.29 is 17.2 Å². The minimum Gasteiger partial charge on any atom is -0.419 e. The first-order chi connectivity index (χ1) is 12.4. The van der Waals surface area contributed by atoms with E-state index < -0.39 is 15.7 Å². The smallest absolute Gasteiger partial charge is 0.234 e. The van der Waals surface area contributed by atoms with E-state index in [-0.39, 0.29) is 28.2 Å². The number of nitrogens with zero attached hydrogens (tertiary/aromatic N) is 1. The van der Waals surface area contributed by atoms with E-state index in [1.54, 1.807) is 30.3 Å². The predicted octanol–water partition coefficient (Wildman–Crippen LogP) is 4.56. The number of aromatic nitrogens is 1. The molecule has 1 N–H and O–H groups in total. The predicted molar refractivity (Wildman–Crippen MR) is 97.5 cm³/mol. The van der Waals surface area contributed by atoms with E-state index in [2.05, 4.69) is 16.9 Å². The Labute approximate surface area is 155 Å². The molecule has 26 heavy (non-hydrogen) atoms. The van der Waals surface area contributed by atoms with Crippen LogP contribution in [-0.2, 0) is 9.84 Å². The summed E-state index contributed by atoms with van der Waals surface area (Å²) in [5, 5.41) is 2.88. The molecule has 0 saturated carbocycles. The van der Waals surface area contributed by atoms with Gasteiger partial charge in [-0.05, 0) is 36.4 Å². The number of sulfone groups is 1. The number of rotatable bonds is 6. The van der Waals surface area contributed by atoms with E-state index in [4.69, 9.17) is 16.0 Å². The molecule has 1 heterocycles. The molecular formula is C18H14ClFN2O3S. The lowest BCUT2D eigenvalue weighted by Crippen LogP contribution is -2.07. The lowest BCUT2D eigenvalue weighted by atomic mass is 10.2. The molecular weight excluding hydrogens is 379 g/mol. The first-order valence-corrected chi connectivity index (χ1v) is 9.40. The molecule has 0 unspecified atom stereocenters. The molecule has 0 amide bonds. The van der Waals surface area contributed by atoms with Crippen LogP contribution in [0.5, 0.6) is 0 Å². The molecule has 0 aliphatic heterocycles. The highest BCUT2D eigenvalue weighted by atomic mass is 35.5. The van der Waals surface area contributed by atoms with Gasteiger partial charge >= 0.3 is 0 Å². The number of hydrogen-bond acceptors (Lipinski definition) is 5. The number of nitrogens with one attached hydrogen (secondary N) is 1. The van der Waals surface area contributed by atoms with E-state index in [0.29, 0.717) is 10.6 Å². The van der Waals surface area contributed by atoms with Crippen molar-refractivity contribution in [2.45, 2.75) is 9.92 Å². The molecule has 8 heteroatoms. The van der Waals surface area contributed by atoms with Crippen LogP contribution < -0.4 is 5.32 Å². The fourth-order valence-electron chi connectivity index (χ4n) is 2.24. The molecule has 3 aromatic rings. The van der Waals surface area contributed by atoms with Gasteiger partial charge in [0.2, 0.25) is 26.6 Å². The zero-order valence-electron chi connectivity index (χ0n) is 13.4. The average Bonchev–Trinajstić information content (AvgIpc) is 3.05. The summed E-state index contributed by atoms with van der Waals surface area (Å²) in [6.45, 7) is 3.84. The third-order valence-electron chi connectivity index (χ3n) is 3.49. The molecule has 1 aromatic heterocycles. The molecule has 0 atom stereocenters. The van der Waals surface area contributed by atoms with E-state index in [1.165, 1.54) is 12.1 Å². The van der Waals surface area contributed by atoms with Crippen molar-refractivity contribution in [3.8, 4) is 11.5 Å². The average molecular weight is 393 g/mol. The minimum absolute atomic E-state index is 0.0378. The highest BCUT2D eigenvalue weighted by Crippen LogP contribution is 2.34. The fraction of sp³-hybridized carbons (Fsp3) is 0.0556. The van der Waals surface area contributed by atoms with Crippen LogP contribution in [-0.4, -0.2) is 19.9 Å². The molecule has 134 valence electrons. The van der Waals surface area contributed by atoms with E-state index in [0.717, 1.165) is 12.1 Å². The molecule has 0 aliphatic carbocycles. The molecule has 0 spiro atoms. The fourth-order valence-corrected chi connectivity index (χ4v) is 3.74. The Balaban J connectivity index is 2.14. The molecule has 0 radical (unpaired) electrons. The summed E-state index contributed by atoms with van der Waals surface area (Å²) in [4.78, 5) is 4.04. The molecule has 3 rings (SSSR count). The highest BCUT2D eigenvalue weighted by molar-refractivity contribution is 7.91. The Kier molecular flexibility index (Phi) is 5.11. The standard InChI is InChI=1S/C18H14ClFN2O3S/c1-2-11-21-17-18(26(23,24)13-9-7-12(20)8-10-13)22-16(25-17)14-5-3-4-6-15(14)19/h2-10,21H,1,11H2. The third kappa shape index (κ3) is 3.49. The van der Waals surface area contributed by atoms with Crippen LogP contribution in [0.25, 0.3) is 11.5 Å². The maximum atomic E-state index is 13.1. The first-order valence-electron chi connectivity index (χ1n) is 7.54. The maximum absolute atomic E-state index is 13.1. The summed E-state index contributed by atoms with van der Waals surface area (Å²) in [5.74, 6) is -0.516. The van der Waals surface area contributed by atoms with Crippen molar-refractivity contribution in [3.05, 3.63) is 72.0 Å². The van der Waals surface area contributed by atoms with E-state index in [9.17, 15) is 12.8 Å². The third-order valence-corrected chi connectivity index (χ3v) is 5.49. The van der Waals surface area contributed by atoms with Gasteiger partial charge in [-0.15, -0.1) is 6.58 Å². The van der Waals surface area contributed by atoms with Gasteiger partial charge in [0.25, 0.3) is 0 Å². The van der Waals surface area contributed by atoms with Crippen molar-refractivity contribution in [2.24, 2.45) is 0 Å². The monoisotopic (exact) mass is 392 g/mol.